The van der Waals surface area contributed by atoms with Crippen LogP contribution in [0.2, 0.25) is 0 Å². The van der Waals surface area contributed by atoms with Gasteiger partial charge in [-0.3, -0.25) is 0 Å². The first-order valence-corrected chi connectivity index (χ1v) is 9.64. The van der Waals surface area contributed by atoms with Crippen molar-refractivity contribution in [2.45, 2.75) is 21.9 Å². The molecule has 1 aromatic rings. The van der Waals surface area contributed by atoms with E-state index >= 15 is 0 Å². The highest BCUT2D eigenvalue weighted by Gasteiger charge is 2.35. The number of aliphatic hydroxyl groups excluding tert-OH is 1. The van der Waals surface area contributed by atoms with E-state index in [1.165, 1.54) is 31.3 Å². The molecule has 0 saturated carbocycles. The van der Waals surface area contributed by atoms with Gasteiger partial charge in [0.05, 0.1) is 21.9 Å². The van der Waals surface area contributed by atoms with Gasteiger partial charge in [-0.2, -0.15) is 4.31 Å². The fraction of sp³-hybridized carbons (Fsp3) is 0.500. The second-order valence-electron chi connectivity index (χ2n) is 5.06. The van der Waals surface area contributed by atoms with E-state index in [1.54, 1.807) is 0 Å². The summed E-state index contributed by atoms with van der Waals surface area (Å²) in [4.78, 5) is 0.0585. The predicted molar refractivity (Wildman–Crippen MR) is 77.2 cm³/mol. The third-order valence-electron chi connectivity index (χ3n) is 3.55. The topological polar surface area (TPSA) is 104 Å². The van der Waals surface area contributed by atoms with Crippen molar-refractivity contribution >= 4 is 19.9 Å². The van der Waals surface area contributed by atoms with Gasteiger partial charge in [-0.05, 0) is 24.3 Å². The van der Waals surface area contributed by atoms with Crippen LogP contribution in [0.25, 0.3) is 0 Å². The van der Waals surface area contributed by atoms with E-state index in [0.717, 1.165) is 10.6 Å². The van der Waals surface area contributed by atoms with Crippen LogP contribution in [0.5, 0.6) is 0 Å². The summed E-state index contributed by atoms with van der Waals surface area (Å²) in [6.07, 6.45) is 0.295. The van der Waals surface area contributed by atoms with Crippen LogP contribution in [0.1, 0.15) is 0 Å². The van der Waals surface area contributed by atoms with E-state index in [0.29, 0.717) is 13.1 Å². The van der Waals surface area contributed by atoms with Crippen LogP contribution in [0, 0.1) is 0 Å². The summed E-state index contributed by atoms with van der Waals surface area (Å²) < 4.78 is 48.8. The number of benzene rings is 1. The molecule has 2 N–H and O–H groups in total. The van der Waals surface area contributed by atoms with E-state index in [4.69, 9.17) is 0 Å². The lowest BCUT2D eigenvalue weighted by Crippen LogP contribution is -2.44. The maximum absolute atomic E-state index is 12.5. The Hall–Kier alpha value is -1.00. The van der Waals surface area contributed by atoms with Crippen molar-refractivity contribution in [1.82, 2.24) is 9.62 Å². The predicted octanol–water partition coefficient (Wildman–Crippen LogP) is -0.957. The number of sulfonamides is 1. The Morgan fingerprint density at radius 3 is 2.05 bits per heavy atom. The molecular weight excluding hydrogens is 316 g/mol. The van der Waals surface area contributed by atoms with Crippen LogP contribution < -0.4 is 5.32 Å². The standard InChI is InChI=1S/C12H18N2O5S2/c1-14(11-7-13-8-12(11)15)21(18,19)10-5-3-9(4-6-10)20(2,16)17/h3-6,11-13,15H,7-8H2,1-2H3/t11-,12-/m1/s1. The number of β-amino-alcohol motifs (C(OH)–C–C–N with tert-alkyl or cyclic N) is 1. The van der Waals surface area contributed by atoms with Crippen LogP contribution in [0.3, 0.4) is 0 Å². The van der Waals surface area contributed by atoms with Crippen molar-refractivity contribution in [2.24, 2.45) is 0 Å². The summed E-state index contributed by atoms with van der Waals surface area (Å²) in [7, 11) is -5.74. The number of sulfone groups is 1. The van der Waals surface area contributed by atoms with Gasteiger partial charge in [-0.1, -0.05) is 0 Å². The molecule has 0 amide bonds. The van der Waals surface area contributed by atoms with E-state index in [-0.39, 0.29) is 9.79 Å². The second kappa shape index (κ2) is 5.65. The Morgan fingerprint density at radius 1 is 1.10 bits per heavy atom. The number of hydrogen-bond acceptors (Lipinski definition) is 6. The molecule has 1 aliphatic rings. The molecule has 0 aliphatic carbocycles. The van der Waals surface area contributed by atoms with Gasteiger partial charge in [0.1, 0.15) is 0 Å². The van der Waals surface area contributed by atoms with E-state index in [1.807, 2.05) is 0 Å². The molecule has 0 spiro atoms. The van der Waals surface area contributed by atoms with Gasteiger partial charge in [-0.25, -0.2) is 16.8 Å². The molecule has 1 heterocycles. The van der Waals surface area contributed by atoms with Gasteiger partial charge in [0, 0.05) is 26.4 Å². The first-order chi connectivity index (χ1) is 9.64. The summed E-state index contributed by atoms with van der Waals surface area (Å²) in [6, 6.07) is 4.51. The van der Waals surface area contributed by atoms with Gasteiger partial charge >= 0.3 is 0 Å². The third kappa shape index (κ3) is 3.27. The molecule has 2 rings (SSSR count). The monoisotopic (exact) mass is 334 g/mol. The lowest BCUT2D eigenvalue weighted by atomic mass is 10.2. The maximum Gasteiger partial charge on any atom is 0.243 e. The minimum atomic E-state index is -3.78. The number of hydrogen-bond donors (Lipinski definition) is 2. The average molecular weight is 334 g/mol. The average Bonchev–Trinajstić information content (AvgIpc) is 2.83. The Morgan fingerprint density at radius 2 is 1.62 bits per heavy atom. The Bertz CT molecular complexity index is 713. The van der Waals surface area contributed by atoms with Crippen LogP contribution in [0.15, 0.2) is 34.1 Å². The number of aliphatic hydroxyl groups is 1. The van der Waals surface area contributed by atoms with Gasteiger partial charge in [0.25, 0.3) is 0 Å². The molecule has 7 nitrogen and oxygen atoms in total. The summed E-state index contributed by atoms with van der Waals surface area (Å²) in [5, 5.41) is 12.7. The van der Waals surface area contributed by atoms with Gasteiger partial charge in [-0.15, -0.1) is 0 Å². The zero-order chi connectivity index (χ0) is 15.8. The Balaban J connectivity index is 2.31. The SMILES string of the molecule is CN([C@@H]1CNC[C@H]1O)S(=O)(=O)c1ccc(S(C)(=O)=O)cc1. The fourth-order valence-electron chi connectivity index (χ4n) is 2.23. The highest BCUT2D eigenvalue weighted by Crippen LogP contribution is 2.21. The molecule has 21 heavy (non-hydrogen) atoms. The van der Waals surface area contributed by atoms with E-state index in [9.17, 15) is 21.9 Å². The second-order valence-corrected chi connectivity index (χ2v) is 9.07. The van der Waals surface area contributed by atoms with Crippen molar-refractivity contribution in [3.05, 3.63) is 24.3 Å². The summed E-state index contributed by atoms with van der Waals surface area (Å²) >= 11 is 0. The van der Waals surface area contributed by atoms with Crippen LogP contribution in [0.4, 0.5) is 0 Å². The minimum Gasteiger partial charge on any atom is -0.390 e. The molecule has 0 bridgehead atoms. The summed E-state index contributed by atoms with van der Waals surface area (Å²) in [5.41, 5.74) is 0. The zero-order valence-electron chi connectivity index (χ0n) is 11.7. The number of likely N-dealkylation sites (N-methyl/N-ethyl adjacent to an activating group) is 1. The molecule has 1 saturated heterocycles. The Kier molecular flexibility index (Phi) is 4.41. The van der Waals surface area contributed by atoms with Crippen LogP contribution in [-0.2, 0) is 19.9 Å². The van der Waals surface area contributed by atoms with E-state index in [2.05, 4.69) is 5.32 Å². The largest absolute Gasteiger partial charge is 0.390 e. The van der Waals surface area contributed by atoms with Crippen LogP contribution >= 0.6 is 0 Å². The zero-order valence-corrected chi connectivity index (χ0v) is 13.4. The lowest BCUT2D eigenvalue weighted by molar-refractivity contribution is 0.136. The Labute approximate surface area is 124 Å². The maximum atomic E-state index is 12.5. The van der Waals surface area contributed by atoms with Gasteiger partial charge in [0.15, 0.2) is 9.84 Å². The number of nitrogens with zero attached hydrogens (tertiary/aromatic N) is 1. The highest BCUT2D eigenvalue weighted by molar-refractivity contribution is 7.90. The highest BCUT2D eigenvalue weighted by atomic mass is 32.2. The molecule has 0 aromatic heterocycles. The first kappa shape index (κ1) is 16.4. The molecule has 9 heteroatoms. The molecule has 118 valence electrons. The van der Waals surface area contributed by atoms with Crippen molar-refractivity contribution in [3.63, 3.8) is 0 Å². The van der Waals surface area contributed by atoms with Gasteiger partial charge in [0.2, 0.25) is 10.0 Å². The normalized spacial score (nSPS) is 23.6. The molecule has 1 aromatic carbocycles. The van der Waals surface area contributed by atoms with E-state index < -0.39 is 32.0 Å². The van der Waals surface area contributed by atoms with Crippen molar-refractivity contribution < 1.29 is 21.9 Å². The minimum absolute atomic E-state index is 0.00324. The first-order valence-electron chi connectivity index (χ1n) is 6.31. The van der Waals surface area contributed by atoms with Gasteiger partial charge < -0.3 is 10.4 Å². The lowest BCUT2D eigenvalue weighted by Gasteiger charge is -2.25. The van der Waals surface area contributed by atoms with Crippen molar-refractivity contribution in [1.29, 1.82) is 0 Å². The number of nitrogens with one attached hydrogen (secondary N) is 1. The molecule has 1 aliphatic heterocycles. The summed E-state index contributed by atoms with van der Waals surface area (Å²) in [5.74, 6) is 0. The molecule has 1 fully saturated rings. The van der Waals surface area contributed by atoms with Crippen molar-refractivity contribution in [2.75, 3.05) is 26.4 Å². The van der Waals surface area contributed by atoms with Crippen LogP contribution in [-0.4, -0.2) is 64.8 Å². The molecule has 0 radical (unpaired) electrons. The fourth-order valence-corrected chi connectivity index (χ4v) is 4.24. The molecule has 2 atom stereocenters. The quantitative estimate of drug-likeness (QED) is 0.735. The number of rotatable bonds is 4. The molecule has 0 unspecified atom stereocenters. The molecular formula is C12H18N2O5S2. The third-order valence-corrected chi connectivity index (χ3v) is 6.57. The summed E-state index contributed by atoms with van der Waals surface area (Å²) in [6.45, 7) is 0.718. The smallest absolute Gasteiger partial charge is 0.243 e. The van der Waals surface area contributed by atoms with Crippen molar-refractivity contribution in [3.8, 4) is 0 Å².